The predicted molar refractivity (Wildman–Crippen MR) is 69.4 cm³/mol. The molecule has 0 fully saturated rings. The van der Waals surface area contributed by atoms with Crippen LogP contribution in [0, 0.1) is 0 Å². The van der Waals surface area contributed by atoms with Crippen molar-refractivity contribution in [2.75, 3.05) is 16.0 Å². The molecule has 0 saturated carbocycles. The number of anilines is 3. The Bertz CT molecular complexity index is 414. The zero-order valence-corrected chi connectivity index (χ0v) is 10.5. The predicted octanol–water partition coefficient (Wildman–Crippen LogP) is 1.56. The SMILES string of the molecule is CC(=O)Nc1cc(NC(C)=O)cc(NC(C)=O)c1. The molecule has 0 aromatic heterocycles. The van der Waals surface area contributed by atoms with Crippen LogP contribution in [0.5, 0.6) is 0 Å². The van der Waals surface area contributed by atoms with E-state index in [-0.39, 0.29) is 17.7 Å². The molecule has 0 heterocycles. The van der Waals surface area contributed by atoms with Gasteiger partial charge in [-0.1, -0.05) is 0 Å². The Morgan fingerprint density at radius 2 is 0.889 bits per heavy atom. The van der Waals surface area contributed by atoms with E-state index < -0.39 is 0 Å². The number of hydrogen-bond acceptors (Lipinski definition) is 3. The average Bonchev–Trinajstić information content (AvgIpc) is 2.12. The van der Waals surface area contributed by atoms with Crippen LogP contribution in [0.3, 0.4) is 0 Å². The fraction of sp³-hybridized carbons (Fsp3) is 0.250. The lowest BCUT2D eigenvalue weighted by Crippen LogP contribution is -2.11. The number of rotatable bonds is 3. The molecule has 3 N–H and O–H groups in total. The van der Waals surface area contributed by atoms with E-state index in [1.165, 1.54) is 20.8 Å². The van der Waals surface area contributed by atoms with E-state index in [2.05, 4.69) is 16.0 Å². The second kappa shape index (κ2) is 5.81. The van der Waals surface area contributed by atoms with Crippen molar-refractivity contribution in [1.29, 1.82) is 0 Å². The molecule has 0 radical (unpaired) electrons. The zero-order valence-electron chi connectivity index (χ0n) is 10.5. The maximum Gasteiger partial charge on any atom is 0.221 e. The highest BCUT2D eigenvalue weighted by molar-refractivity contribution is 5.96. The van der Waals surface area contributed by atoms with Gasteiger partial charge in [-0.15, -0.1) is 0 Å². The summed E-state index contributed by atoms with van der Waals surface area (Å²) in [5.74, 6) is -0.698. The maximum absolute atomic E-state index is 11.0. The Kier molecular flexibility index (Phi) is 4.42. The van der Waals surface area contributed by atoms with E-state index in [1.807, 2.05) is 0 Å². The first-order valence-corrected chi connectivity index (χ1v) is 5.34. The van der Waals surface area contributed by atoms with Crippen LogP contribution in [0.2, 0.25) is 0 Å². The summed E-state index contributed by atoms with van der Waals surface area (Å²) in [7, 11) is 0. The lowest BCUT2D eigenvalue weighted by Gasteiger charge is -2.10. The highest BCUT2D eigenvalue weighted by atomic mass is 16.2. The van der Waals surface area contributed by atoms with Crippen molar-refractivity contribution in [3.63, 3.8) is 0 Å². The normalized spacial score (nSPS) is 9.50. The van der Waals surface area contributed by atoms with E-state index in [0.717, 1.165) is 0 Å². The van der Waals surface area contributed by atoms with Crippen molar-refractivity contribution in [2.45, 2.75) is 20.8 Å². The number of amides is 3. The van der Waals surface area contributed by atoms with Crippen LogP contribution in [-0.2, 0) is 14.4 Å². The van der Waals surface area contributed by atoms with Gasteiger partial charge in [-0.3, -0.25) is 14.4 Å². The summed E-state index contributed by atoms with van der Waals surface area (Å²) in [6.07, 6.45) is 0. The van der Waals surface area contributed by atoms with Crippen LogP contribution in [0.25, 0.3) is 0 Å². The minimum absolute atomic E-state index is 0.233. The van der Waals surface area contributed by atoms with Gasteiger partial charge in [-0.25, -0.2) is 0 Å². The molecule has 0 aliphatic rings. The number of nitrogens with one attached hydrogen (secondary N) is 3. The summed E-state index contributed by atoms with van der Waals surface area (Å²) in [5.41, 5.74) is 1.49. The zero-order chi connectivity index (χ0) is 13.7. The van der Waals surface area contributed by atoms with Gasteiger partial charge in [0.05, 0.1) is 0 Å². The summed E-state index contributed by atoms with van der Waals surface area (Å²) in [4.78, 5) is 33.0. The molecule has 0 spiro atoms. The molecule has 6 nitrogen and oxygen atoms in total. The van der Waals surface area contributed by atoms with Crippen LogP contribution >= 0.6 is 0 Å². The van der Waals surface area contributed by atoms with Crippen molar-refractivity contribution in [2.24, 2.45) is 0 Å². The quantitative estimate of drug-likeness (QED) is 0.759. The molecule has 0 unspecified atom stereocenters. The lowest BCUT2D eigenvalue weighted by atomic mass is 10.2. The van der Waals surface area contributed by atoms with Gasteiger partial charge >= 0.3 is 0 Å². The Balaban J connectivity index is 3.06. The second-order valence-corrected chi connectivity index (χ2v) is 3.84. The topological polar surface area (TPSA) is 87.3 Å². The largest absolute Gasteiger partial charge is 0.326 e. The van der Waals surface area contributed by atoms with Crippen molar-refractivity contribution >= 4 is 34.8 Å². The Hall–Kier alpha value is -2.37. The molecule has 1 rings (SSSR count). The fourth-order valence-electron chi connectivity index (χ4n) is 1.45. The molecule has 0 aliphatic heterocycles. The van der Waals surface area contributed by atoms with Crippen molar-refractivity contribution in [3.05, 3.63) is 18.2 Å². The third-order valence-electron chi connectivity index (χ3n) is 1.89. The Morgan fingerprint density at radius 1 is 0.667 bits per heavy atom. The van der Waals surface area contributed by atoms with Crippen LogP contribution < -0.4 is 16.0 Å². The third-order valence-corrected chi connectivity index (χ3v) is 1.89. The maximum atomic E-state index is 11.0. The first kappa shape index (κ1) is 13.7. The van der Waals surface area contributed by atoms with Gasteiger partial charge in [0.1, 0.15) is 0 Å². The molecular formula is C12H15N3O3. The van der Waals surface area contributed by atoms with Crippen molar-refractivity contribution in [1.82, 2.24) is 0 Å². The monoisotopic (exact) mass is 249 g/mol. The number of carbonyl (C=O) groups excluding carboxylic acids is 3. The second-order valence-electron chi connectivity index (χ2n) is 3.84. The molecule has 96 valence electrons. The molecule has 6 heteroatoms. The summed E-state index contributed by atoms with van der Waals surface area (Å²) in [5, 5.41) is 7.77. The molecule has 0 bridgehead atoms. The number of hydrogen-bond donors (Lipinski definition) is 3. The van der Waals surface area contributed by atoms with Gasteiger partial charge in [0.15, 0.2) is 0 Å². The number of benzene rings is 1. The van der Waals surface area contributed by atoms with Crippen molar-refractivity contribution < 1.29 is 14.4 Å². The molecule has 18 heavy (non-hydrogen) atoms. The van der Waals surface area contributed by atoms with Gasteiger partial charge in [0.2, 0.25) is 17.7 Å². The summed E-state index contributed by atoms with van der Waals surface area (Å²) >= 11 is 0. The van der Waals surface area contributed by atoms with Crippen LogP contribution in [0.1, 0.15) is 20.8 Å². The van der Waals surface area contributed by atoms with Crippen LogP contribution in [-0.4, -0.2) is 17.7 Å². The standard InChI is InChI=1S/C12H15N3O3/c1-7(16)13-10-4-11(14-8(2)17)6-12(5-10)15-9(3)18/h4-6H,1-3H3,(H,13,16)(H,14,17)(H,15,18). The summed E-state index contributed by atoms with van der Waals surface area (Å²) < 4.78 is 0. The highest BCUT2D eigenvalue weighted by Crippen LogP contribution is 2.22. The Labute approximate surface area is 105 Å². The van der Waals surface area contributed by atoms with Gasteiger partial charge in [-0.05, 0) is 18.2 Å². The van der Waals surface area contributed by atoms with Gasteiger partial charge in [0.25, 0.3) is 0 Å². The van der Waals surface area contributed by atoms with E-state index in [0.29, 0.717) is 17.1 Å². The van der Waals surface area contributed by atoms with Crippen LogP contribution in [0.15, 0.2) is 18.2 Å². The molecule has 0 atom stereocenters. The Morgan fingerprint density at radius 3 is 1.06 bits per heavy atom. The molecule has 1 aromatic rings. The summed E-state index contributed by atoms with van der Waals surface area (Å²) in [6, 6.07) is 4.82. The first-order valence-electron chi connectivity index (χ1n) is 5.34. The molecule has 0 saturated heterocycles. The van der Waals surface area contributed by atoms with E-state index in [1.54, 1.807) is 18.2 Å². The molecule has 0 aliphatic carbocycles. The smallest absolute Gasteiger partial charge is 0.221 e. The minimum Gasteiger partial charge on any atom is -0.326 e. The fourth-order valence-corrected chi connectivity index (χ4v) is 1.45. The number of carbonyl (C=O) groups is 3. The van der Waals surface area contributed by atoms with E-state index in [4.69, 9.17) is 0 Å². The van der Waals surface area contributed by atoms with Gasteiger partial charge in [-0.2, -0.15) is 0 Å². The van der Waals surface area contributed by atoms with Crippen LogP contribution in [0.4, 0.5) is 17.1 Å². The molecule has 3 amide bonds. The van der Waals surface area contributed by atoms with Crippen molar-refractivity contribution in [3.8, 4) is 0 Å². The first-order chi connectivity index (χ1) is 8.36. The molecular weight excluding hydrogens is 234 g/mol. The lowest BCUT2D eigenvalue weighted by molar-refractivity contribution is -0.115. The van der Waals surface area contributed by atoms with E-state index in [9.17, 15) is 14.4 Å². The minimum atomic E-state index is -0.233. The molecule has 1 aromatic carbocycles. The summed E-state index contributed by atoms with van der Waals surface area (Å²) in [6.45, 7) is 4.13. The van der Waals surface area contributed by atoms with Gasteiger partial charge in [0, 0.05) is 37.8 Å². The van der Waals surface area contributed by atoms with E-state index >= 15 is 0 Å². The average molecular weight is 249 g/mol. The van der Waals surface area contributed by atoms with Gasteiger partial charge < -0.3 is 16.0 Å². The highest BCUT2D eigenvalue weighted by Gasteiger charge is 2.05. The third kappa shape index (κ3) is 4.65.